The van der Waals surface area contributed by atoms with E-state index in [0.717, 1.165) is 25.1 Å². The lowest BCUT2D eigenvalue weighted by atomic mass is 10.1. The average molecular weight is 301 g/mol. The van der Waals surface area contributed by atoms with Crippen molar-refractivity contribution in [2.75, 3.05) is 13.6 Å². The molecule has 0 spiro atoms. The molecule has 3 rings (SSSR count). The number of carbonyl (C=O) groups excluding carboxylic acids is 2. The number of rotatable bonds is 3. The van der Waals surface area contributed by atoms with Gasteiger partial charge in [0.1, 0.15) is 5.56 Å². The second kappa shape index (κ2) is 5.75. The van der Waals surface area contributed by atoms with Crippen LogP contribution < -0.4 is 5.32 Å². The molecule has 0 unspecified atom stereocenters. The number of amides is 2. The maximum Gasteiger partial charge on any atom is 0.256 e. The fraction of sp³-hybridized carbons (Fsp3) is 0.467. The first-order valence-corrected chi connectivity index (χ1v) is 7.51. The molecule has 7 nitrogen and oxygen atoms in total. The van der Waals surface area contributed by atoms with Crippen molar-refractivity contribution in [1.29, 1.82) is 0 Å². The molecule has 1 saturated heterocycles. The minimum Gasteiger partial charge on any atom is -0.355 e. The van der Waals surface area contributed by atoms with Crippen LogP contribution in [0.3, 0.4) is 0 Å². The number of hydrogen-bond acceptors (Lipinski definition) is 4. The van der Waals surface area contributed by atoms with Gasteiger partial charge in [0.2, 0.25) is 5.91 Å². The van der Waals surface area contributed by atoms with Gasteiger partial charge in [-0.05, 0) is 18.9 Å². The normalized spacial score (nSPS) is 17.9. The molecule has 22 heavy (non-hydrogen) atoms. The van der Waals surface area contributed by atoms with Crippen LogP contribution in [-0.4, -0.2) is 44.9 Å². The quantitative estimate of drug-likeness (QED) is 0.922. The number of nitrogens with zero attached hydrogens (tertiary/aromatic N) is 4. The van der Waals surface area contributed by atoms with Gasteiger partial charge in [-0.25, -0.2) is 9.50 Å². The van der Waals surface area contributed by atoms with Gasteiger partial charge in [-0.3, -0.25) is 9.59 Å². The second-order valence-corrected chi connectivity index (χ2v) is 5.34. The van der Waals surface area contributed by atoms with Crippen molar-refractivity contribution in [3.05, 3.63) is 29.7 Å². The molecular weight excluding hydrogens is 282 g/mol. The van der Waals surface area contributed by atoms with Crippen LogP contribution in [0.5, 0.6) is 0 Å². The van der Waals surface area contributed by atoms with Crippen LogP contribution in [0.4, 0.5) is 0 Å². The summed E-state index contributed by atoms with van der Waals surface area (Å²) >= 11 is 0. The molecule has 0 saturated carbocycles. The van der Waals surface area contributed by atoms with Crippen molar-refractivity contribution in [3.63, 3.8) is 0 Å². The zero-order valence-electron chi connectivity index (χ0n) is 12.7. The van der Waals surface area contributed by atoms with E-state index in [9.17, 15) is 9.59 Å². The zero-order valence-corrected chi connectivity index (χ0v) is 12.7. The highest BCUT2D eigenvalue weighted by molar-refractivity contribution is 5.99. The first-order valence-electron chi connectivity index (χ1n) is 7.51. The molecule has 1 fully saturated rings. The van der Waals surface area contributed by atoms with Crippen LogP contribution in [0.1, 0.15) is 48.3 Å². The van der Waals surface area contributed by atoms with Gasteiger partial charge >= 0.3 is 0 Å². The van der Waals surface area contributed by atoms with Gasteiger partial charge in [-0.2, -0.15) is 5.10 Å². The molecule has 2 amide bonds. The van der Waals surface area contributed by atoms with Crippen molar-refractivity contribution in [2.45, 2.75) is 32.2 Å². The molecule has 1 atom stereocenters. The first kappa shape index (κ1) is 14.5. The highest BCUT2D eigenvalue weighted by atomic mass is 16.2. The third-order valence-corrected chi connectivity index (χ3v) is 4.12. The van der Waals surface area contributed by atoms with Gasteiger partial charge in [-0.15, -0.1) is 0 Å². The van der Waals surface area contributed by atoms with E-state index < -0.39 is 0 Å². The van der Waals surface area contributed by atoms with Gasteiger partial charge < -0.3 is 10.2 Å². The number of nitrogens with one attached hydrogen (secondary N) is 1. The molecule has 0 bridgehead atoms. The third-order valence-electron chi connectivity index (χ3n) is 4.12. The van der Waals surface area contributed by atoms with Gasteiger partial charge in [0.25, 0.3) is 5.91 Å². The van der Waals surface area contributed by atoms with Crippen molar-refractivity contribution in [2.24, 2.45) is 0 Å². The third kappa shape index (κ3) is 2.22. The maximum atomic E-state index is 12.1. The molecule has 3 heterocycles. The van der Waals surface area contributed by atoms with E-state index in [1.165, 1.54) is 6.20 Å². The minimum absolute atomic E-state index is 0.00427. The number of fused-ring (bicyclic) bond motifs is 1. The summed E-state index contributed by atoms with van der Waals surface area (Å²) in [5.41, 5.74) is 1.86. The van der Waals surface area contributed by atoms with Gasteiger partial charge in [0.05, 0.1) is 17.9 Å². The lowest BCUT2D eigenvalue weighted by molar-refractivity contribution is -0.131. The zero-order chi connectivity index (χ0) is 15.7. The summed E-state index contributed by atoms with van der Waals surface area (Å²) in [6, 6.07) is 1.87. The van der Waals surface area contributed by atoms with E-state index in [-0.39, 0.29) is 17.9 Å². The Bertz CT molecular complexity index is 724. The summed E-state index contributed by atoms with van der Waals surface area (Å²) < 4.78 is 1.68. The number of likely N-dealkylation sites (tertiary alicyclic amines) is 1. The Kier molecular flexibility index (Phi) is 3.79. The van der Waals surface area contributed by atoms with Crippen LogP contribution in [0.25, 0.3) is 5.65 Å². The molecular formula is C15H19N5O2. The van der Waals surface area contributed by atoms with Crippen molar-refractivity contribution < 1.29 is 9.59 Å². The summed E-state index contributed by atoms with van der Waals surface area (Å²) in [6.45, 7) is 2.64. The summed E-state index contributed by atoms with van der Waals surface area (Å²) in [7, 11) is 1.58. The predicted octanol–water partition coefficient (Wildman–Crippen LogP) is 1.16. The molecule has 7 heteroatoms. The maximum absolute atomic E-state index is 12.1. The Morgan fingerprint density at radius 2 is 2.27 bits per heavy atom. The van der Waals surface area contributed by atoms with Crippen LogP contribution in [0, 0.1) is 0 Å². The molecule has 1 aliphatic heterocycles. The number of carbonyl (C=O) groups is 2. The van der Waals surface area contributed by atoms with Crippen LogP contribution >= 0.6 is 0 Å². The highest BCUT2D eigenvalue weighted by Crippen LogP contribution is 2.32. The largest absolute Gasteiger partial charge is 0.355 e. The molecule has 2 aromatic rings. The Labute approximate surface area is 128 Å². The Hall–Kier alpha value is -2.44. The summed E-state index contributed by atoms with van der Waals surface area (Å²) in [6.07, 6.45) is 5.56. The lowest BCUT2D eigenvalue weighted by Gasteiger charge is -2.24. The molecule has 0 aromatic carbocycles. The van der Waals surface area contributed by atoms with Crippen molar-refractivity contribution >= 4 is 17.5 Å². The summed E-state index contributed by atoms with van der Waals surface area (Å²) in [5, 5.41) is 6.90. The monoisotopic (exact) mass is 301 g/mol. The second-order valence-electron chi connectivity index (χ2n) is 5.34. The van der Waals surface area contributed by atoms with E-state index in [4.69, 9.17) is 0 Å². The molecule has 1 aliphatic rings. The predicted molar refractivity (Wildman–Crippen MR) is 80.4 cm³/mol. The Morgan fingerprint density at radius 1 is 1.45 bits per heavy atom. The van der Waals surface area contributed by atoms with Gasteiger partial charge in [-0.1, -0.05) is 6.92 Å². The lowest BCUT2D eigenvalue weighted by Crippen LogP contribution is -2.31. The molecule has 0 radical (unpaired) electrons. The average Bonchev–Trinajstić information content (AvgIpc) is 3.19. The SMILES string of the molecule is CCC(=O)N1CCC[C@H]1c1ccnc2c(C(=O)NC)cnn12. The van der Waals surface area contributed by atoms with Crippen molar-refractivity contribution in [3.8, 4) is 0 Å². The van der Waals surface area contributed by atoms with E-state index in [2.05, 4.69) is 15.4 Å². The Morgan fingerprint density at radius 3 is 3.00 bits per heavy atom. The van der Waals surface area contributed by atoms with Crippen LogP contribution in [0.2, 0.25) is 0 Å². The van der Waals surface area contributed by atoms with Gasteiger partial charge in [0.15, 0.2) is 5.65 Å². The standard InChI is InChI=1S/C15H19N5O2/c1-3-13(21)19-8-4-5-11(19)12-6-7-17-14-10(15(22)16-2)9-18-20(12)14/h6-7,9,11H,3-5,8H2,1-2H3,(H,16,22)/t11-/m0/s1. The summed E-state index contributed by atoms with van der Waals surface area (Å²) in [4.78, 5) is 30.1. The molecule has 116 valence electrons. The molecule has 2 aromatic heterocycles. The topological polar surface area (TPSA) is 79.6 Å². The minimum atomic E-state index is -0.215. The fourth-order valence-corrected chi connectivity index (χ4v) is 3.03. The smallest absolute Gasteiger partial charge is 0.256 e. The van der Waals surface area contributed by atoms with E-state index in [0.29, 0.717) is 17.6 Å². The van der Waals surface area contributed by atoms with Gasteiger partial charge in [0, 0.05) is 26.2 Å². The van der Waals surface area contributed by atoms with Crippen LogP contribution in [0.15, 0.2) is 18.5 Å². The molecule has 1 N–H and O–H groups in total. The first-order chi connectivity index (χ1) is 10.7. The van der Waals surface area contributed by atoms with E-state index >= 15 is 0 Å². The van der Waals surface area contributed by atoms with E-state index in [1.54, 1.807) is 17.8 Å². The summed E-state index contributed by atoms with van der Waals surface area (Å²) in [5.74, 6) is -0.0706. The highest BCUT2D eigenvalue weighted by Gasteiger charge is 2.31. The number of aromatic nitrogens is 3. The molecule has 0 aliphatic carbocycles. The fourth-order valence-electron chi connectivity index (χ4n) is 3.03. The van der Waals surface area contributed by atoms with Crippen LogP contribution in [-0.2, 0) is 4.79 Å². The van der Waals surface area contributed by atoms with Crippen molar-refractivity contribution in [1.82, 2.24) is 24.8 Å². The Balaban J connectivity index is 2.06. The number of hydrogen-bond donors (Lipinski definition) is 1. The van der Waals surface area contributed by atoms with E-state index in [1.807, 2.05) is 17.9 Å².